The van der Waals surface area contributed by atoms with Gasteiger partial charge in [-0.2, -0.15) is 0 Å². The molecule has 0 aliphatic carbocycles. The maximum absolute atomic E-state index is 5.44. The lowest BCUT2D eigenvalue weighted by Gasteiger charge is -2.10. The Morgan fingerprint density at radius 2 is 2.00 bits per heavy atom. The Morgan fingerprint density at radius 1 is 1.23 bits per heavy atom. The first-order chi connectivity index (χ1) is 10.6. The van der Waals surface area contributed by atoms with Gasteiger partial charge in [0.05, 0.1) is 17.0 Å². The third kappa shape index (κ3) is 2.55. The number of likely N-dealkylation sites (N-methyl/N-ethyl adjacent to an activating group) is 1. The number of para-hydroxylation sites is 1. The molecule has 0 spiro atoms. The highest BCUT2D eigenvalue weighted by molar-refractivity contribution is 5.91. The van der Waals surface area contributed by atoms with E-state index >= 15 is 0 Å². The first-order valence-electron chi connectivity index (χ1n) is 7.81. The van der Waals surface area contributed by atoms with Crippen LogP contribution in [0.25, 0.3) is 22.2 Å². The highest BCUT2D eigenvalue weighted by Gasteiger charge is 2.20. The summed E-state index contributed by atoms with van der Waals surface area (Å²) in [5, 5.41) is 5.51. The topological polar surface area (TPSA) is 45.1 Å². The highest BCUT2D eigenvalue weighted by Crippen LogP contribution is 2.34. The molecule has 0 saturated heterocycles. The van der Waals surface area contributed by atoms with E-state index in [0.29, 0.717) is 0 Å². The van der Waals surface area contributed by atoms with E-state index in [1.807, 2.05) is 6.92 Å². The molecule has 0 aliphatic rings. The van der Waals surface area contributed by atoms with E-state index in [-0.39, 0.29) is 0 Å². The number of rotatable bonds is 5. The lowest BCUT2D eigenvalue weighted by Crippen LogP contribution is -2.15. The number of benzene rings is 1. The molecule has 0 atom stereocenters. The molecule has 4 heteroatoms. The van der Waals surface area contributed by atoms with Crippen LogP contribution in [-0.4, -0.2) is 35.7 Å². The molecule has 3 rings (SSSR count). The minimum atomic E-state index is 0.870. The summed E-state index contributed by atoms with van der Waals surface area (Å²) in [6.45, 7) is 5.12. The van der Waals surface area contributed by atoms with Gasteiger partial charge in [0.25, 0.3) is 0 Å². The van der Waals surface area contributed by atoms with E-state index in [4.69, 9.17) is 4.52 Å². The Kier molecular flexibility index (Phi) is 4.03. The van der Waals surface area contributed by atoms with Gasteiger partial charge in [0, 0.05) is 17.4 Å². The Bertz CT molecular complexity index is 783. The van der Waals surface area contributed by atoms with E-state index in [1.54, 1.807) is 0 Å². The molecule has 1 N–H and O–H groups in total. The van der Waals surface area contributed by atoms with Crippen molar-refractivity contribution in [2.24, 2.45) is 0 Å². The Morgan fingerprint density at radius 3 is 2.73 bits per heavy atom. The molecule has 0 fully saturated rings. The number of aromatic nitrogens is 2. The van der Waals surface area contributed by atoms with Crippen molar-refractivity contribution in [2.75, 3.05) is 20.6 Å². The lowest BCUT2D eigenvalue weighted by atomic mass is 10.0. The van der Waals surface area contributed by atoms with Gasteiger partial charge in [0.1, 0.15) is 5.76 Å². The highest BCUT2D eigenvalue weighted by atomic mass is 16.5. The molecule has 0 bridgehead atoms. The second-order valence-electron chi connectivity index (χ2n) is 5.99. The van der Waals surface area contributed by atoms with Crippen molar-refractivity contribution < 1.29 is 4.52 Å². The van der Waals surface area contributed by atoms with Crippen LogP contribution in [0.2, 0.25) is 0 Å². The third-order valence-corrected chi connectivity index (χ3v) is 4.14. The fourth-order valence-electron chi connectivity index (χ4n) is 2.99. The van der Waals surface area contributed by atoms with Crippen LogP contribution >= 0.6 is 0 Å². The van der Waals surface area contributed by atoms with Crippen LogP contribution in [-0.2, 0) is 12.8 Å². The zero-order chi connectivity index (χ0) is 15.7. The summed E-state index contributed by atoms with van der Waals surface area (Å²) in [5.41, 5.74) is 5.85. The second-order valence-corrected chi connectivity index (χ2v) is 5.99. The van der Waals surface area contributed by atoms with Gasteiger partial charge >= 0.3 is 0 Å². The fourth-order valence-corrected chi connectivity index (χ4v) is 2.99. The Balaban J connectivity index is 2.19. The quantitative estimate of drug-likeness (QED) is 0.779. The molecule has 0 aliphatic heterocycles. The van der Waals surface area contributed by atoms with Crippen molar-refractivity contribution in [1.29, 1.82) is 0 Å². The largest absolute Gasteiger partial charge is 0.361 e. The van der Waals surface area contributed by atoms with Crippen LogP contribution < -0.4 is 0 Å². The van der Waals surface area contributed by atoms with Gasteiger partial charge in [0.15, 0.2) is 0 Å². The summed E-state index contributed by atoms with van der Waals surface area (Å²) in [6, 6.07) is 8.49. The second kappa shape index (κ2) is 5.97. The van der Waals surface area contributed by atoms with Gasteiger partial charge < -0.3 is 14.4 Å². The number of H-pyrrole nitrogens is 1. The first kappa shape index (κ1) is 14.9. The summed E-state index contributed by atoms with van der Waals surface area (Å²) in [4.78, 5) is 5.80. The maximum Gasteiger partial charge on any atom is 0.143 e. The number of hydrogen-bond acceptors (Lipinski definition) is 3. The van der Waals surface area contributed by atoms with Crippen molar-refractivity contribution in [3.05, 3.63) is 41.3 Å². The van der Waals surface area contributed by atoms with Gasteiger partial charge in [0.2, 0.25) is 0 Å². The van der Waals surface area contributed by atoms with Crippen molar-refractivity contribution in [3.63, 3.8) is 0 Å². The van der Waals surface area contributed by atoms with Crippen LogP contribution in [0.5, 0.6) is 0 Å². The van der Waals surface area contributed by atoms with Crippen LogP contribution in [0, 0.1) is 6.92 Å². The minimum absolute atomic E-state index is 0.870. The van der Waals surface area contributed by atoms with Crippen LogP contribution in [0.15, 0.2) is 28.8 Å². The first-order valence-corrected chi connectivity index (χ1v) is 7.81. The molecule has 1 aromatic carbocycles. The van der Waals surface area contributed by atoms with Gasteiger partial charge in [-0.05, 0) is 45.5 Å². The van der Waals surface area contributed by atoms with Crippen molar-refractivity contribution in [1.82, 2.24) is 15.0 Å². The molecule has 22 heavy (non-hydrogen) atoms. The number of nitrogens with one attached hydrogen (secondary N) is 1. The van der Waals surface area contributed by atoms with Gasteiger partial charge in [-0.1, -0.05) is 30.3 Å². The molecule has 0 amide bonds. The molecule has 0 radical (unpaired) electrons. The monoisotopic (exact) mass is 297 g/mol. The summed E-state index contributed by atoms with van der Waals surface area (Å²) < 4.78 is 5.44. The summed E-state index contributed by atoms with van der Waals surface area (Å²) in [5.74, 6) is 0.884. The molecular weight excluding hydrogens is 274 g/mol. The maximum atomic E-state index is 5.44. The molecular formula is C18H23N3O. The average Bonchev–Trinajstić information content (AvgIpc) is 3.04. The Labute approximate surface area is 131 Å². The SMILES string of the molecule is CCc1noc(C)c1-c1[nH]c2ccccc2c1CCN(C)C. The van der Waals surface area contributed by atoms with Gasteiger partial charge in [-0.3, -0.25) is 0 Å². The fraction of sp³-hybridized carbons (Fsp3) is 0.389. The van der Waals surface area contributed by atoms with E-state index < -0.39 is 0 Å². The lowest BCUT2D eigenvalue weighted by molar-refractivity contribution is 0.391. The number of hydrogen-bond donors (Lipinski definition) is 1. The van der Waals surface area contributed by atoms with Crippen LogP contribution in [0.3, 0.4) is 0 Å². The van der Waals surface area contributed by atoms with E-state index in [2.05, 4.69) is 60.3 Å². The normalized spacial score (nSPS) is 11.7. The zero-order valence-electron chi connectivity index (χ0n) is 13.7. The summed E-state index contributed by atoms with van der Waals surface area (Å²) in [6.07, 6.45) is 1.87. The van der Waals surface area contributed by atoms with E-state index in [9.17, 15) is 0 Å². The Hall–Kier alpha value is -2.07. The van der Waals surface area contributed by atoms with Crippen molar-refractivity contribution in [2.45, 2.75) is 26.7 Å². The zero-order valence-corrected chi connectivity index (χ0v) is 13.7. The minimum Gasteiger partial charge on any atom is -0.361 e. The summed E-state index contributed by atoms with van der Waals surface area (Å²) >= 11 is 0. The standard InChI is InChI=1S/C18H23N3O/c1-5-15-17(12(2)22-20-15)18-14(10-11-21(3)4)13-8-6-7-9-16(13)19-18/h6-9,19H,5,10-11H2,1-4H3. The average molecular weight is 297 g/mol. The number of aromatic amines is 1. The molecule has 2 aromatic heterocycles. The molecule has 0 unspecified atom stereocenters. The molecule has 3 aromatic rings. The molecule has 0 saturated carbocycles. The van der Waals surface area contributed by atoms with Crippen LogP contribution in [0.1, 0.15) is 23.9 Å². The van der Waals surface area contributed by atoms with Gasteiger partial charge in [-0.15, -0.1) is 0 Å². The van der Waals surface area contributed by atoms with E-state index in [0.717, 1.165) is 36.4 Å². The van der Waals surface area contributed by atoms with Gasteiger partial charge in [-0.25, -0.2) is 0 Å². The molecule has 4 nitrogen and oxygen atoms in total. The van der Waals surface area contributed by atoms with E-state index in [1.165, 1.54) is 22.2 Å². The number of nitrogens with zero attached hydrogens (tertiary/aromatic N) is 2. The number of fused-ring (bicyclic) bond motifs is 1. The smallest absolute Gasteiger partial charge is 0.143 e. The van der Waals surface area contributed by atoms with Crippen LogP contribution in [0.4, 0.5) is 0 Å². The predicted molar refractivity (Wildman–Crippen MR) is 90.2 cm³/mol. The van der Waals surface area contributed by atoms with Crippen molar-refractivity contribution >= 4 is 10.9 Å². The molecule has 116 valence electrons. The summed E-state index contributed by atoms with van der Waals surface area (Å²) in [7, 11) is 4.22. The van der Waals surface area contributed by atoms with Crippen molar-refractivity contribution in [3.8, 4) is 11.3 Å². The molecule has 2 heterocycles. The number of aryl methyl sites for hydroxylation is 2. The third-order valence-electron chi connectivity index (χ3n) is 4.14. The predicted octanol–water partition coefficient (Wildman–Crippen LogP) is 3.80.